The first-order valence-electron chi connectivity index (χ1n) is 7.54. The van der Waals surface area contributed by atoms with E-state index >= 15 is 0 Å². The van der Waals surface area contributed by atoms with Gasteiger partial charge in [-0.1, -0.05) is 77.3 Å². The van der Waals surface area contributed by atoms with Crippen LogP contribution in [0.1, 0.15) is 78.1 Å². The molecule has 3 heteroatoms. The van der Waals surface area contributed by atoms with E-state index in [1.807, 2.05) is 6.92 Å². The summed E-state index contributed by atoms with van der Waals surface area (Å²) in [5.41, 5.74) is 0. The first-order chi connectivity index (χ1) is 8.72. The molecule has 18 heavy (non-hydrogen) atoms. The maximum absolute atomic E-state index is 11.3. The Morgan fingerprint density at radius 3 is 1.94 bits per heavy atom. The summed E-state index contributed by atoms with van der Waals surface area (Å²) >= 11 is 5.10. The van der Waals surface area contributed by atoms with Gasteiger partial charge in [-0.2, -0.15) is 0 Å². The highest BCUT2D eigenvalue weighted by atomic mass is 32.1. The molecule has 0 fully saturated rings. The number of carbonyl (C=O) groups excluding carboxylic acids is 1. The third-order valence-corrected chi connectivity index (χ3v) is 3.55. The average Bonchev–Trinajstić information content (AvgIpc) is 2.36. The van der Waals surface area contributed by atoms with Crippen LogP contribution in [0.3, 0.4) is 0 Å². The molecule has 0 aromatic rings. The third-order valence-electron chi connectivity index (χ3n) is 3.12. The van der Waals surface area contributed by atoms with Crippen molar-refractivity contribution in [3.05, 3.63) is 0 Å². The molecule has 0 aromatic carbocycles. The van der Waals surface area contributed by atoms with Crippen molar-refractivity contribution in [3.63, 3.8) is 0 Å². The quantitative estimate of drug-likeness (QED) is 0.368. The summed E-state index contributed by atoms with van der Waals surface area (Å²) in [5.74, 6) is -0.216. The lowest BCUT2D eigenvalue weighted by Gasteiger charge is -2.08. The Kier molecular flexibility index (Phi) is 13.1. The second kappa shape index (κ2) is 13.3. The fourth-order valence-electron chi connectivity index (χ4n) is 1.99. The Morgan fingerprint density at radius 1 is 0.944 bits per heavy atom. The minimum atomic E-state index is -0.338. The van der Waals surface area contributed by atoms with E-state index in [1.54, 1.807) is 0 Å². The lowest BCUT2D eigenvalue weighted by atomic mass is 10.1. The topological polar surface area (TPSA) is 26.3 Å². The van der Waals surface area contributed by atoms with Crippen LogP contribution in [0.15, 0.2) is 0 Å². The normalized spacial score (nSPS) is 12.4. The van der Waals surface area contributed by atoms with E-state index in [-0.39, 0.29) is 11.2 Å². The first kappa shape index (κ1) is 17.8. The Balaban J connectivity index is 3.22. The van der Waals surface area contributed by atoms with E-state index in [0.717, 1.165) is 12.8 Å². The minimum absolute atomic E-state index is 0.216. The molecule has 0 aliphatic rings. The van der Waals surface area contributed by atoms with Crippen molar-refractivity contribution in [2.45, 2.75) is 83.3 Å². The molecular formula is C15H29O2S. The van der Waals surface area contributed by atoms with Gasteiger partial charge in [0.2, 0.25) is 0 Å². The van der Waals surface area contributed by atoms with E-state index < -0.39 is 0 Å². The molecule has 1 atom stereocenters. The highest BCUT2D eigenvalue weighted by molar-refractivity contribution is 7.81. The minimum Gasteiger partial charge on any atom is -0.465 e. The highest BCUT2D eigenvalue weighted by Gasteiger charge is 2.14. The highest BCUT2D eigenvalue weighted by Crippen LogP contribution is 2.13. The molecule has 0 rings (SSSR count). The predicted octanol–water partition coefficient (Wildman–Crippen LogP) is 5.04. The molecule has 107 valence electrons. The Hall–Kier alpha value is -0.180. The van der Waals surface area contributed by atoms with Crippen molar-refractivity contribution in [1.82, 2.24) is 0 Å². The lowest BCUT2D eigenvalue weighted by molar-refractivity contribution is -0.142. The number of carbonyl (C=O) groups is 1. The van der Waals surface area contributed by atoms with Crippen LogP contribution in [-0.4, -0.2) is 17.8 Å². The average molecular weight is 273 g/mol. The Labute approximate surface area is 118 Å². The number of unbranched alkanes of at least 4 members (excludes halogenated alkanes) is 8. The SMILES string of the molecule is CCCCCCCCCCCC([S])C(=O)OCC. The van der Waals surface area contributed by atoms with Gasteiger partial charge in [-0.05, 0) is 13.3 Å². The van der Waals surface area contributed by atoms with Crippen molar-refractivity contribution in [2.24, 2.45) is 0 Å². The van der Waals surface area contributed by atoms with Crippen molar-refractivity contribution in [1.29, 1.82) is 0 Å². The number of ether oxygens (including phenoxy) is 1. The molecule has 0 aliphatic heterocycles. The van der Waals surface area contributed by atoms with Gasteiger partial charge in [-0.3, -0.25) is 4.79 Å². The second-order valence-corrected chi connectivity index (χ2v) is 5.43. The van der Waals surface area contributed by atoms with E-state index in [2.05, 4.69) is 6.92 Å². The van der Waals surface area contributed by atoms with E-state index in [1.165, 1.54) is 51.4 Å². The van der Waals surface area contributed by atoms with Gasteiger partial charge in [-0.25, -0.2) is 0 Å². The summed E-state index contributed by atoms with van der Waals surface area (Å²) in [6, 6.07) is 0. The summed E-state index contributed by atoms with van der Waals surface area (Å²) in [4.78, 5) is 11.3. The largest absolute Gasteiger partial charge is 0.465 e. The molecular weight excluding hydrogens is 244 g/mol. The summed E-state index contributed by atoms with van der Waals surface area (Å²) < 4.78 is 4.89. The summed E-state index contributed by atoms with van der Waals surface area (Å²) in [5, 5.41) is -0.338. The van der Waals surface area contributed by atoms with Crippen molar-refractivity contribution in [3.8, 4) is 0 Å². The van der Waals surface area contributed by atoms with E-state index in [9.17, 15) is 4.79 Å². The van der Waals surface area contributed by atoms with Crippen LogP contribution in [0, 0.1) is 0 Å². The van der Waals surface area contributed by atoms with Crippen molar-refractivity contribution < 1.29 is 9.53 Å². The van der Waals surface area contributed by atoms with Crippen LogP contribution < -0.4 is 0 Å². The van der Waals surface area contributed by atoms with Gasteiger partial charge < -0.3 is 4.74 Å². The van der Waals surface area contributed by atoms with Crippen LogP contribution in [-0.2, 0) is 9.53 Å². The van der Waals surface area contributed by atoms with E-state index in [4.69, 9.17) is 17.4 Å². The molecule has 0 amide bonds. The second-order valence-electron chi connectivity index (χ2n) is 4.86. The van der Waals surface area contributed by atoms with Crippen LogP contribution in [0.25, 0.3) is 0 Å². The predicted molar refractivity (Wildman–Crippen MR) is 79.9 cm³/mol. The van der Waals surface area contributed by atoms with Crippen LogP contribution in [0.2, 0.25) is 0 Å². The zero-order valence-electron chi connectivity index (χ0n) is 12.1. The van der Waals surface area contributed by atoms with Crippen LogP contribution in [0.5, 0.6) is 0 Å². The molecule has 0 bridgehead atoms. The summed E-state index contributed by atoms with van der Waals surface area (Å²) in [7, 11) is 0. The van der Waals surface area contributed by atoms with Gasteiger partial charge >= 0.3 is 5.97 Å². The van der Waals surface area contributed by atoms with Gasteiger partial charge in [0.05, 0.1) is 6.61 Å². The molecule has 0 heterocycles. The molecule has 0 aromatic heterocycles. The maximum Gasteiger partial charge on any atom is 0.319 e. The molecule has 2 nitrogen and oxygen atoms in total. The van der Waals surface area contributed by atoms with Gasteiger partial charge in [0.1, 0.15) is 5.25 Å². The zero-order valence-corrected chi connectivity index (χ0v) is 12.9. The standard InChI is InChI=1S/C15H29O2S/c1-3-5-6-7-8-9-10-11-12-13-14(18)15(16)17-4-2/h14H,3-13H2,1-2H3. The summed E-state index contributed by atoms with van der Waals surface area (Å²) in [6.07, 6.45) is 12.4. The smallest absolute Gasteiger partial charge is 0.319 e. The van der Waals surface area contributed by atoms with Crippen molar-refractivity contribution >= 4 is 18.6 Å². The summed E-state index contributed by atoms with van der Waals surface area (Å²) in [6.45, 7) is 4.50. The van der Waals surface area contributed by atoms with Gasteiger partial charge in [0.25, 0.3) is 0 Å². The molecule has 1 unspecified atom stereocenters. The number of hydrogen-bond acceptors (Lipinski definition) is 2. The number of hydrogen-bond donors (Lipinski definition) is 0. The Morgan fingerprint density at radius 2 is 1.44 bits per heavy atom. The monoisotopic (exact) mass is 273 g/mol. The fourth-order valence-corrected chi connectivity index (χ4v) is 2.23. The van der Waals surface area contributed by atoms with Gasteiger partial charge in [0.15, 0.2) is 0 Å². The van der Waals surface area contributed by atoms with Gasteiger partial charge in [-0.15, -0.1) is 0 Å². The Bertz CT molecular complexity index is 195. The number of esters is 1. The third kappa shape index (κ3) is 10.9. The number of rotatable bonds is 12. The van der Waals surface area contributed by atoms with Crippen LogP contribution >= 0.6 is 12.6 Å². The molecule has 0 N–H and O–H groups in total. The lowest BCUT2D eigenvalue weighted by Crippen LogP contribution is -2.17. The molecule has 0 saturated heterocycles. The maximum atomic E-state index is 11.3. The first-order valence-corrected chi connectivity index (χ1v) is 8.02. The van der Waals surface area contributed by atoms with Crippen molar-refractivity contribution in [2.75, 3.05) is 6.61 Å². The van der Waals surface area contributed by atoms with Gasteiger partial charge in [0, 0.05) is 0 Å². The molecule has 0 aliphatic carbocycles. The fraction of sp³-hybridized carbons (Fsp3) is 0.933. The molecule has 0 saturated carbocycles. The molecule has 1 radical (unpaired) electrons. The van der Waals surface area contributed by atoms with Crippen LogP contribution in [0.4, 0.5) is 0 Å². The molecule has 0 spiro atoms. The zero-order chi connectivity index (χ0) is 13.6. The van der Waals surface area contributed by atoms with E-state index in [0.29, 0.717) is 6.61 Å².